The molecule has 0 fully saturated rings. The first-order chi connectivity index (χ1) is 15.8. The topological polar surface area (TPSA) is 117 Å². The van der Waals surface area contributed by atoms with E-state index in [1.165, 1.54) is 6.07 Å². The lowest BCUT2D eigenvalue weighted by Gasteiger charge is -2.12. The lowest BCUT2D eigenvalue weighted by Crippen LogP contribution is -2.13. The molecule has 4 aromatic carbocycles. The van der Waals surface area contributed by atoms with Gasteiger partial charge in [0.05, 0.1) is 11.3 Å². The van der Waals surface area contributed by atoms with E-state index >= 15 is 0 Å². The number of para-hydroxylation sites is 1. The molecule has 0 spiro atoms. The molecule has 164 valence electrons. The van der Waals surface area contributed by atoms with E-state index in [1.54, 1.807) is 30.3 Å². The van der Waals surface area contributed by atoms with Crippen molar-refractivity contribution >= 4 is 39.6 Å². The second kappa shape index (κ2) is 8.92. The number of nitrogens with two attached hydrogens (primary N) is 1. The second-order valence-electron chi connectivity index (χ2n) is 7.68. The third-order valence-electron chi connectivity index (χ3n) is 5.38. The zero-order valence-corrected chi connectivity index (χ0v) is 18.2. The highest BCUT2D eigenvalue weighted by Gasteiger charge is 2.19. The third kappa shape index (κ3) is 4.43. The van der Waals surface area contributed by atoms with Gasteiger partial charge in [0.1, 0.15) is 5.69 Å². The number of carbonyl (C=O) groups excluding carboxylic acids is 2. The Morgan fingerprint density at radius 3 is 2.36 bits per heavy atom. The van der Waals surface area contributed by atoms with Gasteiger partial charge in [-0.1, -0.05) is 48.5 Å². The molecule has 0 aromatic heterocycles. The van der Waals surface area contributed by atoms with Crippen LogP contribution in [0.25, 0.3) is 10.8 Å². The highest BCUT2D eigenvalue weighted by atomic mass is 16.3. The molecule has 0 bridgehead atoms. The van der Waals surface area contributed by atoms with Crippen molar-refractivity contribution < 1.29 is 14.7 Å². The van der Waals surface area contributed by atoms with Gasteiger partial charge in [-0.2, -0.15) is 5.11 Å². The predicted octanol–water partition coefficient (Wildman–Crippen LogP) is 5.93. The van der Waals surface area contributed by atoms with Crippen LogP contribution in [0, 0.1) is 13.8 Å². The summed E-state index contributed by atoms with van der Waals surface area (Å²) in [6.45, 7) is 3.71. The van der Waals surface area contributed by atoms with Gasteiger partial charge in [-0.15, -0.1) is 5.11 Å². The zero-order valence-electron chi connectivity index (χ0n) is 18.2. The van der Waals surface area contributed by atoms with Crippen LogP contribution in [-0.2, 0) is 0 Å². The number of azo groups is 1. The average molecular weight is 438 g/mol. The van der Waals surface area contributed by atoms with E-state index in [4.69, 9.17) is 5.73 Å². The summed E-state index contributed by atoms with van der Waals surface area (Å²) in [5.41, 5.74) is 8.67. The van der Waals surface area contributed by atoms with Crippen molar-refractivity contribution in [2.45, 2.75) is 13.8 Å². The van der Waals surface area contributed by atoms with E-state index in [0.29, 0.717) is 22.3 Å². The lowest BCUT2D eigenvalue weighted by atomic mass is 10.0. The molecule has 0 radical (unpaired) electrons. The predicted molar refractivity (Wildman–Crippen MR) is 129 cm³/mol. The van der Waals surface area contributed by atoms with Crippen LogP contribution in [0.5, 0.6) is 5.75 Å². The van der Waals surface area contributed by atoms with Crippen LogP contribution in [0.15, 0.2) is 83.0 Å². The van der Waals surface area contributed by atoms with Crippen molar-refractivity contribution in [3.63, 3.8) is 0 Å². The first-order valence-corrected chi connectivity index (χ1v) is 10.3. The number of nitrogens with zero attached hydrogens (tertiary/aromatic N) is 2. The molecule has 4 aromatic rings. The second-order valence-corrected chi connectivity index (χ2v) is 7.68. The van der Waals surface area contributed by atoms with Crippen LogP contribution in [0.4, 0.5) is 17.1 Å². The molecule has 2 amide bonds. The summed E-state index contributed by atoms with van der Waals surface area (Å²) in [6, 6.07) is 21.1. The minimum Gasteiger partial charge on any atom is -0.505 e. The number of hydrogen-bond acceptors (Lipinski definition) is 5. The van der Waals surface area contributed by atoms with Crippen molar-refractivity contribution in [1.82, 2.24) is 0 Å². The van der Waals surface area contributed by atoms with Crippen LogP contribution >= 0.6 is 0 Å². The van der Waals surface area contributed by atoms with Crippen molar-refractivity contribution in [3.8, 4) is 5.75 Å². The number of aryl methyl sites for hydroxylation is 2. The Morgan fingerprint density at radius 2 is 1.61 bits per heavy atom. The van der Waals surface area contributed by atoms with Crippen LogP contribution in [0.2, 0.25) is 0 Å². The SMILES string of the molecule is Cc1ccc(C(N)=O)cc1N=Nc1c(O)c(C(=O)Nc2ccccc2C)cc2ccccc12. The fraction of sp³-hybridized carbons (Fsp3) is 0.0769. The normalized spacial score (nSPS) is 11.1. The number of primary amides is 1. The number of rotatable bonds is 5. The molecule has 0 saturated heterocycles. The summed E-state index contributed by atoms with van der Waals surface area (Å²) in [5.74, 6) is -1.32. The molecule has 0 aliphatic heterocycles. The van der Waals surface area contributed by atoms with Gasteiger partial charge in [-0.3, -0.25) is 9.59 Å². The van der Waals surface area contributed by atoms with Gasteiger partial charge in [-0.25, -0.2) is 0 Å². The minimum atomic E-state index is -0.574. The number of amides is 2. The smallest absolute Gasteiger partial charge is 0.259 e. The highest BCUT2D eigenvalue weighted by molar-refractivity contribution is 6.12. The van der Waals surface area contributed by atoms with Gasteiger partial charge in [0.25, 0.3) is 5.91 Å². The van der Waals surface area contributed by atoms with E-state index in [1.807, 2.05) is 50.2 Å². The fourth-order valence-corrected chi connectivity index (χ4v) is 3.47. The number of phenolic OH excluding ortho intramolecular Hbond substituents is 1. The Balaban J connectivity index is 1.80. The zero-order chi connectivity index (χ0) is 23.5. The molecule has 0 atom stereocenters. The number of anilines is 1. The van der Waals surface area contributed by atoms with Crippen LogP contribution in [0.3, 0.4) is 0 Å². The number of fused-ring (bicyclic) bond motifs is 1. The van der Waals surface area contributed by atoms with E-state index in [9.17, 15) is 14.7 Å². The Labute approximate surface area is 190 Å². The van der Waals surface area contributed by atoms with Crippen LogP contribution < -0.4 is 11.1 Å². The van der Waals surface area contributed by atoms with E-state index in [2.05, 4.69) is 15.5 Å². The number of benzene rings is 4. The Bertz CT molecular complexity index is 1430. The number of phenols is 1. The first-order valence-electron chi connectivity index (χ1n) is 10.3. The molecule has 0 aliphatic rings. The number of hydrogen-bond donors (Lipinski definition) is 3. The van der Waals surface area contributed by atoms with Gasteiger partial charge >= 0.3 is 0 Å². The minimum absolute atomic E-state index is 0.0773. The summed E-state index contributed by atoms with van der Waals surface area (Å²) in [5, 5.41) is 23.7. The average Bonchev–Trinajstić information content (AvgIpc) is 2.80. The maximum absolute atomic E-state index is 13.0. The molecular formula is C26H22N4O3. The van der Waals surface area contributed by atoms with Crippen LogP contribution in [0.1, 0.15) is 31.8 Å². The first kappa shape index (κ1) is 21.7. The van der Waals surface area contributed by atoms with Crippen LogP contribution in [-0.4, -0.2) is 16.9 Å². The summed E-state index contributed by atoms with van der Waals surface area (Å²) in [4.78, 5) is 24.6. The Morgan fingerprint density at radius 1 is 0.879 bits per heavy atom. The van der Waals surface area contributed by atoms with Crippen molar-refractivity contribution in [2.24, 2.45) is 16.0 Å². The maximum atomic E-state index is 13.0. The molecule has 4 rings (SSSR count). The number of nitrogens with one attached hydrogen (secondary N) is 1. The van der Waals surface area contributed by atoms with E-state index in [0.717, 1.165) is 16.5 Å². The molecule has 0 saturated carbocycles. The van der Waals surface area contributed by atoms with Gasteiger partial charge in [-0.05, 0) is 54.6 Å². The third-order valence-corrected chi connectivity index (χ3v) is 5.38. The van der Waals surface area contributed by atoms with Crippen molar-refractivity contribution in [3.05, 3.63) is 95.1 Å². The van der Waals surface area contributed by atoms with E-state index < -0.39 is 11.8 Å². The lowest BCUT2D eigenvalue weighted by molar-refractivity contribution is 0.0997. The molecule has 7 heteroatoms. The largest absolute Gasteiger partial charge is 0.505 e. The maximum Gasteiger partial charge on any atom is 0.259 e. The standard InChI is InChI=1S/C26H22N4O3/c1-15-7-3-6-10-21(15)28-26(33)20-13-17-8-4-5-9-19(17)23(24(20)31)30-29-22-14-18(25(27)32)12-11-16(22)2/h3-14,31H,1-2H3,(H2,27,32)(H,28,33). The molecule has 33 heavy (non-hydrogen) atoms. The van der Waals surface area contributed by atoms with Crippen molar-refractivity contribution in [1.29, 1.82) is 0 Å². The molecule has 0 heterocycles. The quantitative estimate of drug-likeness (QED) is 0.335. The summed E-state index contributed by atoms with van der Waals surface area (Å²) >= 11 is 0. The summed E-state index contributed by atoms with van der Waals surface area (Å²) in [7, 11) is 0. The molecule has 4 N–H and O–H groups in total. The molecule has 0 aliphatic carbocycles. The van der Waals surface area contributed by atoms with Gasteiger partial charge < -0.3 is 16.2 Å². The number of carbonyl (C=O) groups is 2. The Kier molecular flexibility index (Phi) is 5.87. The summed E-state index contributed by atoms with van der Waals surface area (Å²) in [6.07, 6.45) is 0. The van der Waals surface area contributed by atoms with Gasteiger partial charge in [0, 0.05) is 16.6 Å². The van der Waals surface area contributed by atoms with E-state index in [-0.39, 0.29) is 17.0 Å². The monoisotopic (exact) mass is 438 g/mol. The molecular weight excluding hydrogens is 416 g/mol. The summed E-state index contributed by atoms with van der Waals surface area (Å²) < 4.78 is 0. The highest BCUT2D eigenvalue weighted by Crippen LogP contribution is 2.40. The fourth-order valence-electron chi connectivity index (χ4n) is 3.47. The van der Waals surface area contributed by atoms with Crippen molar-refractivity contribution in [2.75, 3.05) is 5.32 Å². The van der Waals surface area contributed by atoms with Gasteiger partial charge in [0.15, 0.2) is 5.75 Å². The van der Waals surface area contributed by atoms with Gasteiger partial charge in [0.2, 0.25) is 5.91 Å². The number of aromatic hydroxyl groups is 1. The Hall–Kier alpha value is -4.52. The molecule has 0 unspecified atom stereocenters. The molecule has 7 nitrogen and oxygen atoms in total.